The van der Waals surface area contributed by atoms with E-state index < -0.39 is 0 Å². The van der Waals surface area contributed by atoms with Crippen LogP contribution in [0.2, 0.25) is 0 Å². The first-order valence-corrected chi connectivity index (χ1v) is 6.34. The van der Waals surface area contributed by atoms with Gasteiger partial charge in [-0.25, -0.2) is 0 Å². The summed E-state index contributed by atoms with van der Waals surface area (Å²) >= 11 is 0. The Bertz CT molecular complexity index is 360. The first kappa shape index (κ1) is 12.1. The third-order valence-electron chi connectivity index (χ3n) is 3.15. The van der Waals surface area contributed by atoms with E-state index in [1.807, 2.05) is 23.1 Å². The van der Waals surface area contributed by atoms with Crippen LogP contribution in [-0.4, -0.2) is 29.9 Å². The monoisotopic (exact) mass is 232 g/mol. The topological polar surface area (TPSA) is 46.3 Å². The summed E-state index contributed by atoms with van der Waals surface area (Å²) < 4.78 is 0. The normalized spacial score (nSPS) is 14.6. The Morgan fingerprint density at radius 3 is 2.59 bits per heavy atom. The molecule has 92 valence electrons. The molecular weight excluding hydrogens is 212 g/mol. The molecular formula is C14H20N2O. The lowest BCUT2D eigenvalue weighted by atomic mass is 10.1. The summed E-state index contributed by atoms with van der Waals surface area (Å²) in [6, 6.07) is 10.6. The number of carbonyl (C=O) groups is 1. The average Bonchev–Trinajstić information content (AvgIpc) is 3.18. The molecule has 3 nitrogen and oxygen atoms in total. The first-order chi connectivity index (χ1) is 8.31. The van der Waals surface area contributed by atoms with Gasteiger partial charge in [-0.15, -0.1) is 0 Å². The maximum Gasteiger partial charge on any atom is 0.223 e. The van der Waals surface area contributed by atoms with Crippen LogP contribution in [0.5, 0.6) is 0 Å². The fraction of sp³-hybridized carbons (Fsp3) is 0.500. The van der Waals surface area contributed by atoms with Crippen LogP contribution in [0.15, 0.2) is 30.3 Å². The molecule has 1 fully saturated rings. The number of hydrogen-bond donors (Lipinski definition) is 1. The lowest BCUT2D eigenvalue weighted by Gasteiger charge is -2.21. The summed E-state index contributed by atoms with van der Waals surface area (Å²) in [5, 5.41) is 0. The SMILES string of the molecule is NCCN(C(=O)CCc1ccccc1)C1CC1. The predicted molar refractivity (Wildman–Crippen MR) is 68.6 cm³/mol. The van der Waals surface area contributed by atoms with E-state index in [9.17, 15) is 4.79 Å². The minimum Gasteiger partial charge on any atom is -0.338 e. The van der Waals surface area contributed by atoms with Crippen molar-refractivity contribution >= 4 is 5.91 Å². The molecule has 0 radical (unpaired) electrons. The first-order valence-electron chi connectivity index (χ1n) is 6.34. The van der Waals surface area contributed by atoms with Gasteiger partial charge in [0.2, 0.25) is 5.91 Å². The summed E-state index contributed by atoms with van der Waals surface area (Å²) in [5.41, 5.74) is 6.77. The van der Waals surface area contributed by atoms with Crippen LogP contribution in [0, 0.1) is 0 Å². The van der Waals surface area contributed by atoms with Crippen LogP contribution < -0.4 is 5.73 Å². The van der Waals surface area contributed by atoms with E-state index in [0.717, 1.165) is 19.3 Å². The average molecular weight is 232 g/mol. The Balaban J connectivity index is 1.83. The van der Waals surface area contributed by atoms with Gasteiger partial charge in [-0.1, -0.05) is 30.3 Å². The van der Waals surface area contributed by atoms with E-state index in [1.54, 1.807) is 0 Å². The maximum absolute atomic E-state index is 12.1. The van der Waals surface area contributed by atoms with Gasteiger partial charge in [0.05, 0.1) is 0 Å². The highest BCUT2D eigenvalue weighted by molar-refractivity contribution is 5.77. The molecule has 1 aliphatic carbocycles. The van der Waals surface area contributed by atoms with E-state index in [4.69, 9.17) is 5.73 Å². The van der Waals surface area contributed by atoms with Crippen molar-refractivity contribution in [2.24, 2.45) is 5.73 Å². The lowest BCUT2D eigenvalue weighted by molar-refractivity contribution is -0.131. The second kappa shape index (κ2) is 5.82. The molecule has 17 heavy (non-hydrogen) atoms. The Morgan fingerprint density at radius 1 is 1.29 bits per heavy atom. The highest BCUT2D eigenvalue weighted by Gasteiger charge is 2.31. The fourth-order valence-corrected chi connectivity index (χ4v) is 2.08. The number of rotatable bonds is 6. The van der Waals surface area contributed by atoms with Gasteiger partial charge in [0.1, 0.15) is 0 Å². The molecule has 0 aliphatic heterocycles. The zero-order valence-electron chi connectivity index (χ0n) is 10.1. The van der Waals surface area contributed by atoms with Gasteiger partial charge in [-0.05, 0) is 24.8 Å². The highest BCUT2D eigenvalue weighted by Crippen LogP contribution is 2.27. The number of hydrogen-bond acceptors (Lipinski definition) is 2. The van der Waals surface area contributed by atoms with Crippen molar-refractivity contribution in [3.63, 3.8) is 0 Å². The smallest absolute Gasteiger partial charge is 0.223 e. The van der Waals surface area contributed by atoms with Crippen LogP contribution in [0.1, 0.15) is 24.8 Å². The van der Waals surface area contributed by atoms with Gasteiger partial charge in [-0.3, -0.25) is 4.79 Å². The highest BCUT2D eigenvalue weighted by atomic mass is 16.2. The van der Waals surface area contributed by atoms with Crippen molar-refractivity contribution in [3.05, 3.63) is 35.9 Å². The minimum atomic E-state index is 0.252. The van der Waals surface area contributed by atoms with E-state index in [2.05, 4.69) is 12.1 Å². The van der Waals surface area contributed by atoms with Crippen molar-refractivity contribution < 1.29 is 4.79 Å². The van der Waals surface area contributed by atoms with Crippen LogP contribution in [0.4, 0.5) is 0 Å². The number of benzene rings is 1. The Hall–Kier alpha value is -1.35. The molecule has 1 aromatic rings. The van der Waals surface area contributed by atoms with Gasteiger partial charge in [-0.2, -0.15) is 0 Å². The fourth-order valence-electron chi connectivity index (χ4n) is 2.08. The van der Waals surface area contributed by atoms with E-state index in [-0.39, 0.29) is 5.91 Å². The molecule has 1 aliphatic rings. The van der Waals surface area contributed by atoms with Crippen molar-refractivity contribution in [1.29, 1.82) is 0 Å². The molecule has 1 aromatic carbocycles. The molecule has 1 saturated carbocycles. The Labute approximate surface area is 103 Å². The quantitative estimate of drug-likeness (QED) is 0.809. The minimum absolute atomic E-state index is 0.252. The van der Waals surface area contributed by atoms with Gasteiger partial charge < -0.3 is 10.6 Å². The number of nitrogens with two attached hydrogens (primary N) is 1. The molecule has 0 saturated heterocycles. The van der Waals surface area contributed by atoms with Gasteiger partial charge in [0.15, 0.2) is 0 Å². The molecule has 2 rings (SSSR count). The number of amides is 1. The molecule has 3 heteroatoms. The van der Waals surface area contributed by atoms with Crippen molar-refractivity contribution in [2.75, 3.05) is 13.1 Å². The number of carbonyl (C=O) groups excluding carboxylic acids is 1. The standard InChI is InChI=1S/C14H20N2O/c15-10-11-16(13-7-8-13)14(17)9-6-12-4-2-1-3-5-12/h1-5,13H,6-11,15H2. The van der Waals surface area contributed by atoms with Gasteiger partial charge in [0, 0.05) is 25.6 Å². The Kier molecular flexibility index (Phi) is 4.15. The molecule has 2 N–H and O–H groups in total. The lowest BCUT2D eigenvalue weighted by Crippen LogP contribution is -2.37. The molecule has 1 amide bonds. The van der Waals surface area contributed by atoms with Crippen molar-refractivity contribution in [1.82, 2.24) is 4.90 Å². The Morgan fingerprint density at radius 2 is 2.00 bits per heavy atom. The van der Waals surface area contributed by atoms with Crippen LogP contribution >= 0.6 is 0 Å². The van der Waals surface area contributed by atoms with Crippen molar-refractivity contribution in [2.45, 2.75) is 31.7 Å². The van der Waals surface area contributed by atoms with Crippen LogP contribution in [-0.2, 0) is 11.2 Å². The summed E-state index contributed by atoms with van der Waals surface area (Å²) in [4.78, 5) is 14.0. The summed E-state index contributed by atoms with van der Waals surface area (Å²) in [6.07, 6.45) is 3.72. The number of nitrogens with zero attached hydrogens (tertiary/aromatic N) is 1. The molecule has 0 aromatic heterocycles. The molecule has 0 unspecified atom stereocenters. The van der Waals surface area contributed by atoms with E-state index >= 15 is 0 Å². The van der Waals surface area contributed by atoms with E-state index in [0.29, 0.717) is 25.6 Å². The zero-order chi connectivity index (χ0) is 12.1. The second-order valence-electron chi connectivity index (χ2n) is 4.59. The summed E-state index contributed by atoms with van der Waals surface area (Å²) in [7, 11) is 0. The second-order valence-corrected chi connectivity index (χ2v) is 4.59. The van der Waals surface area contributed by atoms with Crippen molar-refractivity contribution in [3.8, 4) is 0 Å². The number of aryl methyl sites for hydroxylation is 1. The third kappa shape index (κ3) is 3.56. The van der Waals surface area contributed by atoms with Gasteiger partial charge in [0.25, 0.3) is 0 Å². The summed E-state index contributed by atoms with van der Waals surface area (Å²) in [6.45, 7) is 1.27. The molecule has 0 spiro atoms. The maximum atomic E-state index is 12.1. The molecule has 0 atom stereocenters. The third-order valence-corrected chi connectivity index (χ3v) is 3.15. The van der Waals surface area contributed by atoms with Crippen LogP contribution in [0.3, 0.4) is 0 Å². The molecule has 0 heterocycles. The predicted octanol–water partition coefficient (Wildman–Crippen LogP) is 1.57. The molecule has 0 bridgehead atoms. The van der Waals surface area contributed by atoms with Gasteiger partial charge >= 0.3 is 0 Å². The largest absolute Gasteiger partial charge is 0.338 e. The summed E-state index contributed by atoms with van der Waals surface area (Å²) in [5.74, 6) is 0.252. The van der Waals surface area contributed by atoms with E-state index in [1.165, 1.54) is 5.56 Å². The van der Waals surface area contributed by atoms with Crippen LogP contribution in [0.25, 0.3) is 0 Å². The zero-order valence-corrected chi connectivity index (χ0v) is 10.1.